The zero-order valence-corrected chi connectivity index (χ0v) is 9.53. The predicted molar refractivity (Wildman–Crippen MR) is 59.0 cm³/mol. The van der Waals surface area contributed by atoms with Gasteiger partial charge in [0.05, 0.1) is 5.69 Å². The monoisotopic (exact) mass is 207 g/mol. The molecule has 82 valence electrons. The zero-order chi connectivity index (χ0) is 11.0. The summed E-state index contributed by atoms with van der Waals surface area (Å²) in [7, 11) is 1.82. The molecule has 2 rings (SSSR count). The number of aromatic nitrogens is 2. The van der Waals surface area contributed by atoms with Crippen LogP contribution in [0.1, 0.15) is 38.3 Å². The maximum atomic E-state index is 11.6. The first-order valence-corrected chi connectivity index (χ1v) is 5.44. The Labute approximate surface area is 89.9 Å². The molecule has 1 aliphatic heterocycles. The Morgan fingerprint density at radius 2 is 2.20 bits per heavy atom. The number of aryl methyl sites for hydroxylation is 1. The maximum Gasteiger partial charge on any atom is 0.227 e. The molecule has 0 radical (unpaired) electrons. The number of amides is 1. The molecular formula is C11H17N3O. The third kappa shape index (κ3) is 1.76. The van der Waals surface area contributed by atoms with Crippen LogP contribution in [0.25, 0.3) is 0 Å². The van der Waals surface area contributed by atoms with Crippen LogP contribution in [0, 0.1) is 0 Å². The van der Waals surface area contributed by atoms with E-state index in [4.69, 9.17) is 0 Å². The van der Waals surface area contributed by atoms with Gasteiger partial charge in [0.2, 0.25) is 5.91 Å². The van der Waals surface area contributed by atoms with Gasteiger partial charge in [0, 0.05) is 26.1 Å². The van der Waals surface area contributed by atoms with Crippen LogP contribution in [0.4, 0.5) is 5.82 Å². The summed E-state index contributed by atoms with van der Waals surface area (Å²) in [5.74, 6) is 1.53. The summed E-state index contributed by atoms with van der Waals surface area (Å²) in [6.45, 7) is 5.08. The minimum atomic E-state index is 0.184. The average molecular weight is 207 g/mol. The van der Waals surface area contributed by atoms with Crippen LogP contribution in [0.3, 0.4) is 0 Å². The van der Waals surface area contributed by atoms with Crippen molar-refractivity contribution in [2.45, 2.75) is 39.2 Å². The number of anilines is 1. The largest absolute Gasteiger partial charge is 0.300 e. The average Bonchev–Trinajstić information content (AvgIpc) is 2.55. The van der Waals surface area contributed by atoms with Crippen molar-refractivity contribution >= 4 is 11.7 Å². The Bertz CT molecular complexity index is 381. The van der Waals surface area contributed by atoms with Crippen molar-refractivity contribution in [1.82, 2.24) is 9.78 Å². The molecule has 0 aliphatic carbocycles. The summed E-state index contributed by atoms with van der Waals surface area (Å²) in [6.07, 6.45) is 1.51. The second kappa shape index (κ2) is 3.68. The highest BCUT2D eigenvalue weighted by atomic mass is 16.2. The molecule has 0 N–H and O–H groups in total. The van der Waals surface area contributed by atoms with Gasteiger partial charge in [-0.1, -0.05) is 13.8 Å². The van der Waals surface area contributed by atoms with Crippen LogP contribution in [0.5, 0.6) is 0 Å². The summed E-state index contributed by atoms with van der Waals surface area (Å²) in [6, 6.07) is 2.02. The lowest BCUT2D eigenvalue weighted by atomic mass is 10.1. The maximum absolute atomic E-state index is 11.6. The number of carbonyl (C=O) groups is 1. The second-order valence-electron chi connectivity index (χ2n) is 4.36. The Hall–Kier alpha value is -1.32. The molecule has 0 atom stereocenters. The van der Waals surface area contributed by atoms with E-state index in [1.165, 1.54) is 0 Å². The Balaban J connectivity index is 2.40. The fourth-order valence-electron chi connectivity index (χ4n) is 1.82. The van der Waals surface area contributed by atoms with Crippen molar-refractivity contribution in [2.75, 3.05) is 11.9 Å². The molecule has 1 amide bonds. The number of hydrogen-bond acceptors (Lipinski definition) is 2. The minimum Gasteiger partial charge on any atom is -0.300 e. The highest BCUT2D eigenvalue weighted by Gasteiger charge is 2.21. The predicted octanol–water partition coefficient (Wildman–Crippen LogP) is 1.76. The van der Waals surface area contributed by atoms with E-state index in [1.807, 2.05) is 17.8 Å². The number of carbonyl (C=O) groups excluding carboxylic acids is 1. The molecule has 15 heavy (non-hydrogen) atoms. The van der Waals surface area contributed by atoms with E-state index in [9.17, 15) is 4.79 Å². The van der Waals surface area contributed by atoms with Crippen molar-refractivity contribution in [3.63, 3.8) is 0 Å². The number of rotatable bonds is 1. The van der Waals surface area contributed by atoms with Crippen LogP contribution in [-0.4, -0.2) is 22.7 Å². The van der Waals surface area contributed by atoms with Gasteiger partial charge in [-0.15, -0.1) is 0 Å². The highest BCUT2D eigenvalue weighted by molar-refractivity contribution is 5.92. The lowest BCUT2D eigenvalue weighted by Gasteiger charge is -2.13. The molecule has 0 aromatic carbocycles. The van der Waals surface area contributed by atoms with Gasteiger partial charge in [0.15, 0.2) is 0 Å². The Kier molecular flexibility index (Phi) is 2.50. The Morgan fingerprint density at radius 3 is 2.87 bits per heavy atom. The van der Waals surface area contributed by atoms with Crippen LogP contribution < -0.4 is 4.90 Å². The number of nitrogens with zero attached hydrogens (tertiary/aromatic N) is 3. The fraction of sp³-hybridized carbons (Fsp3) is 0.636. The van der Waals surface area contributed by atoms with Gasteiger partial charge >= 0.3 is 0 Å². The van der Waals surface area contributed by atoms with Gasteiger partial charge in [-0.25, -0.2) is 4.68 Å². The summed E-state index contributed by atoms with van der Waals surface area (Å²) in [5.41, 5.74) is 1.06. The van der Waals surface area contributed by atoms with E-state index in [-0.39, 0.29) is 5.91 Å². The SMILES string of the molecule is CC(C)c1cc2n(n1)CCCC(=O)N2C. The van der Waals surface area contributed by atoms with E-state index < -0.39 is 0 Å². The van der Waals surface area contributed by atoms with Gasteiger partial charge in [0.1, 0.15) is 5.82 Å². The third-order valence-electron chi connectivity index (χ3n) is 2.85. The first-order valence-electron chi connectivity index (χ1n) is 5.44. The van der Waals surface area contributed by atoms with E-state index in [2.05, 4.69) is 18.9 Å². The first kappa shape index (κ1) is 10.2. The fourth-order valence-corrected chi connectivity index (χ4v) is 1.82. The normalized spacial score (nSPS) is 16.8. The van der Waals surface area contributed by atoms with Crippen molar-refractivity contribution in [3.8, 4) is 0 Å². The molecule has 4 heteroatoms. The van der Waals surface area contributed by atoms with Gasteiger partial charge in [-0.2, -0.15) is 5.10 Å². The Morgan fingerprint density at radius 1 is 1.47 bits per heavy atom. The molecule has 0 fully saturated rings. The molecule has 1 aliphatic rings. The first-order chi connectivity index (χ1) is 7.09. The quantitative estimate of drug-likeness (QED) is 0.703. The van der Waals surface area contributed by atoms with Crippen LogP contribution in [0.2, 0.25) is 0 Å². The summed E-state index contributed by atoms with van der Waals surface area (Å²) in [5, 5.41) is 4.52. The van der Waals surface area contributed by atoms with Gasteiger partial charge in [-0.3, -0.25) is 4.79 Å². The topological polar surface area (TPSA) is 38.1 Å². The van der Waals surface area contributed by atoms with Gasteiger partial charge < -0.3 is 4.90 Å². The molecule has 0 bridgehead atoms. The van der Waals surface area contributed by atoms with Gasteiger partial charge in [-0.05, 0) is 12.3 Å². The van der Waals surface area contributed by atoms with E-state index in [0.29, 0.717) is 12.3 Å². The zero-order valence-electron chi connectivity index (χ0n) is 9.53. The molecule has 0 saturated carbocycles. The highest BCUT2D eigenvalue weighted by Crippen LogP contribution is 2.24. The van der Waals surface area contributed by atoms with Crippen LogP contribution in [-0.2, 0) is 11.3 Å². The van der Waals surface area contributed by atoms with Crippen LogP contribution >= 0.6 is 0 Å². The van der Waals surface area contributed by atoms with Crippen LogP contribution in [0.15, 0.2) is 6.07 Å². The van der Waals surface area contributed by atoms with Crippen molar-refractivity contribution in [3.05, 3.63) is 11.8 Å². The smallest absolute Gasteiger partial charge is 0.227 e. The molecular weight excluding hydrogens is 190 g/mol. The number of fused-ring (bicyclic) bond motifs is 1. The van der Waals surface area contributed by atoms with E-state index in [1.54, 1.807) is 4.90 Å². The lowest BCUT2D eigenvalue weighted by Crippen LogP contribution is -2.25. The third-order valence-corrected chi connectivity index (χ3v) is 2.85. The molecule has 2 heterocycles. The van der Waals surface area contributed by atoms with Gasteiger partial charge in [0.25, 0.3) is 0 Å². The van der Waals surface area contributed by atoms with Crippen molar-refractivity contribution < 1.29 is 4.79 Å². The number of hydrogen-bond donors (Lipinski definition) is 0. The summed E-state index contributed by atoms with van der Waals surface area (Å²) < 4.78 is 1.94. The lowest BCUT2D eigenvalue weighted by molar-refractivity contribution is -0.118. The van der Waals surface area contributed by atoms with E-state index >= 15 is 0 Å². The minimum absolute atomic E-state index is 0.184. The van der Waals surface area contributed by atoms with E-state index in [0.717, 1.165) is 24.5 Å². The van der Waals surface area contributed by atoms with Crippen molar-refractivity contribution in [1.29, 1.82) is 0 Å². The summed E-state index contributed by atoms with van der Waals surface area (Å²) in [4.78, 5) is 13.4. The standard InChI is InChI=1S/C11H17N3O/c1-8(2)9-7-10-13(3)11(15)5-4-6-14(10)12-9/h7-8H,4-6H2,1-3H3. The van der Waals surface area contributed by atoms with Crippen molar-refractivity contribution in [2.24, 2.45) is 0 Å². The summed E-state index contributed by atoms with van der Waals surface area (Å²) >= 11 is 0. The molecule has 0 unspecified atom stereocenters. The molecule has 0 saturated heterocycles. The molecule has 1 aromatic heterocycles. The molecule has 1 aromatic rings. The molecule has 0 spiro atoms. The second-order valence-corrected chi connectivity index (χ2v) is 4.36. The molecule has 4 nitrogen and oxygen atoms in total.